The third kappa shape index (κ3) is 3.81. The number of nitrogens with zero attached hydrogens (tertiary/aromatic N) is 2. The van der Waals surface area contributed by atoms with E-state index < -0.39 is 0 Å². The molecule has 4 heteroatoms. The number of benzene rings is 4. The van der Waals surface area contributed by atoms with E-state index in [9.17, 15) is 0 Å². The second kappa shape index (κ2) is 8.99. The Labute approximate surface area is 209 Å². The Morgan fingerprint density at radius 1 is 0.727 bits per heavy atom. The molecule has 0 aliphatic carbocycles. The Kier molecular flexibility index (Phi) is 5.90. The second-order valence-electron chi connectivity index (χ2n) is 7.71. The maximum absolute atomic E-state index is 4.61. The average molecular weight is 619 g/mol. The van der Waals surface area contributed by atoms with Gasteiger partial charge in [-0.15, -0.1) is 76.9 Å². The van der Waals surface area contributed by atoms with E-state index in [4.69, 9.17) is 0 Å². The number of aromatic nitrogens is 2. The van der Waals surface area contributed by atoms with E-state index in [1.54, 1.807) is 0 Å². The molecule has 3 aromatic heterocycles. The molecule has 0 aliphatic heterocycles. The Balaban J connectivity index is 0.000000144. The van der Waals surface area contributed by atoms with E-state index in [0.717, 1.165) is 27.9 Å². The summed E-state index contributed by atoms with van der Waals surface area (Å²) in [6.07, 6.45) is 1.91. The van der Waals surface area contributed by atoms with Crippen LogP contribution in [0.5, 0.6) is 0 Å². The molecule has 33 heavy (non-hydrogen) atoms. The first-order chi connectivity index (χ1) is 15.8. The summed E-state index contributed by atoms with van der Waals surface area (Å²) in [4.78, 5) is 9.02. The van der Waals surface area contributed by atoms with E-state index in [1.165, 1.54) is 30.9 Å². The van der Waals surface area contributed by atoms with Gasteiger partial charge < -0.3 is 9.97 Å². The van der Waals surface area contributed by atoms with Crippen LogP contribution in [0.4, 0.5) is 0 Å². The normalized spacial score (nSPS) is 10.9. The first kappa shape index (κ1) is 21.7. The molecule has 4 aromatic carbocycles. The molecule has 1 radical (unpaired) electrons. The van der Waals surface area contributed by atoms with Crippen LogP contribution in [0.25, 0.3) is 53.1 Å². The SMILES string of the molecule is Cc1cccc(-c2[c-]cccc2)n1.[Ir].[c-]1cccc2c1c1nccc3sc4cccc2c4c31. The van der Waals surface area contributed by atoms with E-state index in [1.807, 2.05) is 73.0 Å². The van der Waals surface area contributed by atoms with Gasteiger partial charge in [-0.05, 0) is 47.1 Å². The predicted octanol–water partition coefficient (Wildman–Crippen LogP) is 7.85. The fourth-order valence-corrected chi connectivity index (χ4v) is 5.41. The molecule has 0 atom stereocenters. The quantitative estimate of drug-likeness (QED) is 0.138. The van der Waals surface area contributed by atoms with Crippen molar-refractivity contribution in [2.45, 2.75) is 6.92 Å². The van der Waals surface area contributed by atoms with E-state index >= 15 is 0 Å². The summed E-state index contributed by atoms with van der Waals surface area (Å²) in [5, 5.41) is 6.35. The third-order valence-corrected chi connectivity index (χ3v) is 6.79. The second-order valence-corrected chi connectivity index (χ2v) is 8.80. The third-order valence-electron chi connectivity index (χ3n) is 5.67. The molecule has 161 valence electrons. The van der Waals surface area contributed by atoms with Crippen molar-refractivity contribution in [1.29, 1.82) is 0 Å². The summed E-state index contributed by atoms with van der Waals surface area (Å²) in [6.45, 7) is 1.99. The number of hydrogen-bond acceptors (Lipinski definition) is 3. The van der Waals surface area contributed by atoms with Gasteiger partial charge in [-0.3, -0.25) is 0 Å². The van der Waals surface area contributed by atoms with Crippen molar-refractivity contribution in [2.24, 2.45) is 0 Å². The molecule has 0 spiro atoms. The van der Waals surface area contributed by atoms with Crippen molar-refractivity contribution in [3.05, 3.63) is 109 Å². The topological polar surface area (TPSA) is 25.8 Å². The van der Waals surface area contributed by atoms with E-state index in [2.05, 4.69) is 58.5 Å². The van der Waals surface area contributed by atoms with E-state index in [0.29, 0.717) is 0 Å². The predicted molar refractivity (Wildman–Crippen MR) is 135 cm³/mol. The first-order valence-corrected chi connectivity index (χ1v) is 11.3. The van der Waals surface area contributed by atoms with Gasteiger partial charge >= 0.3 is 0 Å². The fraction of sp³-hybridized carbons (Fsp3) is 0.0345. The molecule has 3 heterocycles. The summed E-state index contributed by atoms with van der Waals surface area (Å²) >= 11 is 1.85. The van der Waals surface area contributed by atoms with Crippen LogP contribution in [0.15, 0.2) is 91.1 Å². The molecule has 0 N–H and O–H groups in total. The van der Waals surface area contributed by atoms with Crippen LogP contribution in [0.2, 0.25) is 0 Å². The zero-order valence-electron chi connectivity index (χ0n) is 17.8. The van der Waals surface area contributed by atoms with Crippen LogP contribution < -0.4 is 0 Å². The maximum Gasteiger partial charge on any atom is 0.0345 e. The molecule has 0 aliphatic rings. The minimum atomic E-state index is 0. The fourth-order valence-electron chi connectivity index (χ4n) is 4.28. The molecule has 0 unspecified atom stereocenters. The van der Waals surface area contributed by atoms with Crippen molar-refractivity contribution in [1.82, 2.24) is 9.97 Å². The van der Waals surface area contributed by atoms with Crippen LogP contribution >= 0.6 is 11.3 Å². The molecule has 0 saturated heterocycles. The Morgan fingerprint density at radius 3 is 2.39 bits per heavy atom. The molecule has 7 aromatic rings. The minimum absolute atomic E-state index is 0. The van der Waals surface area contributed by atoms with Gasteiger partial charge in [0.1, 0.15) is 0 Å². The van der Waals surface area contributed by atoms with Gasteiger partial charge in [-0.25, -0.2) is 0 Å². The van der Waals surface area contributed by atoms with Crippen LogP contribution in [0.3, 0.4) is 0 Å². The zero-order valence-corrected chi connectivity index (χ0v) is 21.0. The molecule has 7 rings (SSSR count). The number of rotatable bonds is 1. The summed E-state index contributed by atoms with van der Waals surface area (Å²) < 4.78 is 2.66. The zero-order chi connectivity index (χ0) is 21.5. The first-order valence-electron chi connectivity index (χ1n) is 10.5. The molecule has 0 saturated carbocycles. The summed E-state index contributed by atoms with van der Waals surface area (Å²) in [5.41, 5.74) is 4.15. The maximum atomic E-state index is 4.61. The molecule has 0 bridgehead atoms. The Hall–Kier alpha value is -3.17. The van der Waals surface area contributed by atoms with Crippen molar-refractivity contribution in [3.63, 3.8) is 0 Å². The summed E-state index contributed by atoms with van der Waals surface area (Å²) in [5.74, 6) is 0. The molecule has 0 fully saturated rings. The van der Waals surface area contributed by atoms with Crippen molar-refractivity contribution in [2.75, 3.05) is 0 Å². The van der Waals surface area contributed by atoms with Gasteiger partial charge in [0.2, 0.25) is 0 Å². The van der Waals surface area contributed by atoms with E-state index in [-0.39, 0.29) is 20.1 Å². The molecule has 2 nitrogen and oxygen atoms in total. The number of hydrogen-bond donors (Lipinski definition) is 0. The molecular formula is C29H18IrN2S-2. The number of pyridine rings is 2. The molecular weight excluding hydrogens is 601 g/mol. The van der Waals surface area contributed by atoms with Crippen LogP contribution in [0, 0.1) is 19.1 Å². The number of aryl methyl sites for hydroxylation is 1. The Bertz CT molecular complexity index is 1600. The summed E-state index contributed by atoms with van der Waals surface area (Å²) in [6, 6.07) is 35.2. The Morgan fingerprint density at radius 2 is 1.55 bits per heavy atom. The molecule has 0 amide bonds. The van der Waals surface area contributed by atoms with Crippen molar-refractivity contribution >= 4 is 53.2 Å². The van der Waals surface area contributed by atoms with Gasteiger partial charge in [-0.1, -0.05) is 35.0 Å². The van der Waals surface area contributed by atoms with Gasteiger partial charge in [0.25, 0.3) is 0 Å². The van der Waals surface area contributed by atoms with Crippen LogP contribution in [-0.4, -0.2) is 9.97 Å². The van der Waals surface area contributed by atoms with Gasteiger partial charge in [0, 0.05) is 41.4 Å². The van der Waals surface area contributed by atoms with Gasteiger partial charge in [0.15, 0.2) is 0 Å². The monoisotopic (exact) mass is 619 g/mol. The average Bonchev–Trinajstić information content (AvgIpc) is 3.24. The largest absolute Gasteiger partial charge is 0.304 e. The van der Waals surface area contributed by atoms with Gasteiger partial charge in [-0.2, -0.15) is 0 Å². The standard InChI is InChI=1S/C17H8NS.C12H10N.Ir/c1-2-5-12-10(4-1)11-6-3-7-13-15(11)16-14(19-13)8-9-18-17(12)16;1-10-6-5-9-12(13-10)11-7-3-2-4-8-11;/h1-4,6-9H;2-7,9H,1H3;/q2*-1;. The van der Waals surface area contributed by atoms with Crippen LogP contribution in [-0.2, 0) is 20.1 Å². The van der Waals surface area contributed by atoms with Crippen molar-refractivity contribution in [3.8, 4) is 11.3 Å². The number of fused-ring (bicyclic) bond motifs is 3. The van der Waals surface area contributed by atoms with Crippen LogP contribution in [0.1, 0.15) is 5.69 Å². The smallest absolute Gasteiger partial charge is 0.0345 e. The number of thiophene rings is 1. The summed E-state index contributed by atoms with van der Waals surface area (Å²) in [7, 11) is 0. The van der Waals surface area contributed by atoms with Gasteiger partial charge in [0.05, 0.1) is 0 Å². The minimum Gasteiger partial charge on any atom is -0.304 e. The van der Waals surface area contributed by atoms with Crippen molar-refractivity contribution < 1.29 is 20.1 Å².